The highest BCUT2D eigenvalue weighted by atomic mass is 16.3. The lowest BCUT2D eigenvalue weighted by atomic mass is 10.0. The number of amides is 1. The first-order chi connectivity index (χ1) is 10.1. The van der Waals surface area contributed by atoms with Crippen LogP contribution in [0.25, 0.3) is 11.5 Å². The normalized spacial score (nSPS) is 22.2. The Labute approximate surface area is 122 Å². The number of hydrogen-bond acceptors (Lipinski definition) is 5. The molecule has 1 aliphatic heterocycles. The van der Waals surface area contributed by atoms with Gasteiger partial charge in [0.1, 0.15) is 6.26 Å². The smallest absolute Gasteiger partial charge is 0.273 e. The Morgan fingerprint density at radius 2 is 2.43 bits per heavy atom. The highest BCUT2D eigenvalue weighted by Gasteiger charge is 2.22. The van der Waals surface area contributed by atoms with Gasteiger partial charge in [-0.2, -0.15) is 5.10 Å². The van der Waals surface area contributed by atoms with Gasteiger partial charge in [0.25, 0.3) is 5.91 Å². The Kier molecular flexibility index (Phi) is 3.74. The molecule has 2 atom stereocenters. The summed E-state index contributed by atoms with van der Waals surface area (Å²) in [5.41, 5.74) is 1.06. The zero-order valence-corrected chi connectivity index (χ0v) is 12.2. The number of aromatic nitrogens is 3. The molecular formula is C14H19N5O2. The van der Waals surface area contributed by atoms with Crippen LogP contribution in [0, 0.1) is 0 Å². The molecule has 2 aromatic rings. The van der Waals surface area contributed by atoms with Gasteiger partial charge in [-0.1, -0.05) is 0 Å². The monoisotopic (exact) mass is 289 g/mol. The average molecular weight is 289 g/mol. The first-order valence-corrected chi connectivity index (χ1v) is 7.10. The van der Waals surface area contributed by atoms with Crippen molar-refractivity contribution in [3.8, 4) is 11.5 Å². The van der Waals surface area contributed by atoms with Crippen LogP contribution in [0.5, 0.6) is 0 Å². The lowest BCUT2D eigenvalue weighted by Gasteiger charge is -2.28. The molecule has 3 rings (SSSR count). The van der Waals surface area contributed by atoms with Crippen molar-refractivity contribution in [1.29, 1.82) is 0 Å². The highest BCUT2D eigenvalue weighted by Crippen LogP contribution is 2.17. The molecule has 7 heteroatoms. The second-order valence-electron chi connectivity index (χ2n) is 5.49. The molecule has 0 aliphatic carbocycles. The summed E-state index contributed by atoms with van der Waals surface area (Å²) in [6.45, 7) is 3.04. The van der Waals surface area contributed by atoms with Gasteiger partial charge in [-0.05, 0) is 26.3 Å². The third-order valence-corrected chi connectivity index (χ3v) is 3.65. The van der Waals surface area contributed by atoms with Gasteiger partial charge in [0, 0.05) is 25.3 Å². The maximum Gasteiger partial charge on any atom is 0.273 e. The summed E-state index contributed by atoms with van der Waals surface area (Å²) in [7, 11) is 1.82. The van der Waals surface area contributed by atoms with Gasteiger partial charge in [0.15, 0.2) is 5.69 Å². The largest absolute Gasteiger partial charge is 0.444 e. The minimum absolute atomic E-state index is 0.187. The fourth-order valence-electron chi connectivity index (χ4n) is 2.56. The molecule has 1 aliphatic rings. The molecule has 2 unspecified atom stereocenters. The second-order valence-corrected chi connectivity index (χ2v) is 5.49. The Bertz CT molecular complexity index is 633. The van der Waals surface area contributed by atoms with Crippen molar-refractivity contribution in [2.75, 3.05) is 6.54 Å². The molecule has 0 bridgehead atoms. The van der Waals surface area contributed by atoms with E-state index in [-0.39, 0.29) is 11.9 Å². The first-order valence-electron chi connectivity index (χ1n) is 7.10. The number of hydrogen-bond donors (Lipinski definition) is 2. The molecule has 1 saturated heterocycles. The third kappa shape index (κ3) is 3.13. The van der Waals surface area contributed by atoms with E-state index in [4.69, 9.17) is 4.42 Å². The van der Waals surface area contributed by atoms with Crippen LogP contribution in [0.15, 0.2) is 23.1 Å². The summed E-state index contributed by atoms with van der Waals surface area (Å²) in [6, 6.07) is 0.611. The van der Waals surface area contributed by atoms with Crippen LogP contribution in [0.1, 0.15) is 30.3 Å². The van der Waals surface area contributed by atoms with E-state index >= 15 is 0 Å². The van der Waals surface area contributed by atoms with E-state index < -0.39 is 0 Å². The van der Waals surface area contributed by atoms with E-state index in [0.29, 0.717) is 17.6 Å². The lowest BCUT2D eigenvalue weighted by molar-refractivity contribution is 0.0920. The van der Waals surface area contributed by atoms with E-state index in [2.05, 4.69) is 27.6 Å². The van der Waals surface area contributed by atoms with E-state index in [1.807, 2.05) is 7.05 Å². The first kappa shape index (κ1) is 13.8. The van der Waals surface area contributed by atoms with E-state index in [9.17, 15) is 4.79 Å². The Morgan fingerprint density at radius 3 is 3.14 bits per heavy atom. The summed E-state index contributed by atoms with van der Waals surface area (Å²) in [5.74, 6) is 0.222. The van der Waals surface area contributed by atoms with Crippen LogP contribution in [0.4, 0.5) is 0 Å². The molecule has 2 N–H and O–H groups in total. The SMILES string of the molecule is CC1CC(NC(=O)c2coc(-c3cnn(C)c3)n2)CCN1. The van der Waals surface area contributed by atoms with Crippen molar-refractivity contribution in [3.63, 3.8) is 0 Å². The number of aryl methyl sites for hydroxylation is 1. The number of nitrogens with zero attached hydrogens (tertiary/aromatic N) is 3. The van der Waals surface area contributed by atoms with Gasteiger partial charge < -0.3 is 15.1 Å². The molecular weight excluding hydrogens is 270 g/mol. The molecule has 0 radical (unpaired) electrons. The molecule has 112 valence electrons. The van der Waals surface area contributed by atoms with Crippen molar-refractivity contribution in [2.24, 2.45) is 7.05 Å². The van der Waals surface area contributed by atoms with Crippen molar-refractivity contribution in [2.45, 2.75) is 31.8 Å². The second kappa shape index (κ2) is 5.69. The molecule has 3 heterocycles. The predicted octanol–water partition coefficient (Wildman–Crippen LogP) is 0.945. The summed E-state index contributed by atoms with van der Waals surface area (Å²) >= 11 is 0. The average Bonchev–Trinajstić information content (AvgIpc) is 3.07. The summed E-state index contributed by atoms with van der Waals surface area (Å²) in [5, 5.41) is 10.4. The minimum atomic E-state index is -0.187. The van der Waals surface area contributed by atoms with Gasteiger partial charge in [-0.15, -0.1) is 0 Å². The van der Waals surface area contributed by atoms with Crippen LogP contribution >= 0.6 is 0 Å². The molecule has 1 fully saturated rings. The van der Waals surface area contributed by atoms with Gasteiger partial charge in [0.05, 0.1) is 11.8 Å². The zero-order valence-electron chi connectivity index (χ0n) is 12.2. The van der Waals surface area contributed by atoms with Gasteiger partial charge in [-0.3, -0.25) is 9.48 Å². The van der Waals surface area contributed by atoms with Crippen molar-refractivity contribution >= 4 is 5.91 Å². The molecule has 0 aromatic carbocycles. The van der Waals surface area contributed by atoms with Crippen LogP contribution < -0.4 is 10.6 Å². The number of carbonyl (C=O) groups is 1. The quantitative estimate of drug-likeness (QED) is 0.878. The van der Waals surface area contributed by atoms with Crippen molar-refractivity contribution in [3.05, 3.63) is 24.4 Å². The molecule has 0 saturated carbocycles. The number of carbonyl (C=O) groups excluding carboxylic acids is 1. The molecule has 0 spiro atoms. The zero-order chi connectivity index (χ0) is 14.8. The number of piperidine rings is 1. The van der Waals surface area contributed by atoms with E-state index in [0.717, 1.165) is 24.9 Å². The Balaban J connectivity index is 1.66. The lowest BCUT2D eigenvalue weighted by Crippen LogP contribution is -2.46. The van der Waals surface area contributed by atoms with Crippen molar-refractivity contribution in [1.82, 2.24) is 25.4 Å². The number of rotatable bonds is 3. The topological polar surface area (TPSA) is 85.0 Å². The molecule has 2 aromatic heterocycles. The van der Waals surface area contributed by atoms with E-state index in [1.54, 1.807) is 17.1 Å². The standard InChI is InChI=1S/C14H19N5O2/c1-9-5-11(3-4-15-9)17-13(20)12-8-21-14(18-12)10-6-16-19(2)7-10/h6-9,11,15H,3-5H2,1-2H3,(H,17,20). The minimum Gasteiger partial charge on any atom is -0.444 e. The number of oxazole rings is 1. The Morgan fingerprint density at radius 1 is 1.57 bits per heavy atom. The predicted molar refractivity (Wildman–Crippen MR) is 76.7 cm³/mol. The maximum absolute atomic E-state index is 12.2. The van der Waals surface area contributed by atoms with Gasteiger partial charge in [-0.25, -0.2) is 4.98 Å². The van der Waals surface area contributed by atoms with E-state index in [1.165, 1.54) is 6.26 Å². The maximum atomic E-state index is 12.2. The van der Waals surface area contributed by atoms with Crippen molar-refractivity contribution < 1.29 is 9.21 Å². The third-order valence-electron chi connectivity index (χ3n) is 3.65. The summed E-state index contributed by atoms with van der Waals surface area (Å²) in [6.07, 6.45) is 6.70. The van der Waals surface area contributed by atoms with Crippen LogP contribution in [-0.4, -0.2) is 39.3 Å². The molecule has 7 nitrogen and oxygen atoms in total. The highest BCUT2D eigenvalue weighted by molar-refractivity contribution is 5.92. The Hall–Kier alpha value is -2.15. The molecule has 21 heavy (non-hydrogen) atoms. The van der Waals surface area contributed by atoms with Crippen LogP contribution in [0.3, 0.4) is 0 Å². The number of nitrogens with one attached hydrogen (secondary N) is 2. The fraction of sp³-hybridized carbons (Fsp3) is 0.500. The van der Waals surface area contributed by atoms with Gasteiger partial charge >= 0.3 is 0 Å². The molecule has 1 amide bonds. The summed E-state index contributed by atoms with van der Waals surface area (Å²) in [4.78, 5) is 16.4. The fourth-order valence-corrected chi connectivity index (χ4v) is 2.56. The van der Waals surface area contributed by atoms with Crippen LogP contribution in [-0.2, 0) is 7.05 Å². The van der Waals surface area contributed by atoms with Gasteiger partial charge in [0.2, 0.25) is 5.89 Å². The van der Waals surface area contributed by atoms with Crippen LogP contribution in [0.2, 0.25) is 0 Å². The summed E-state index contributed by atoms with van der Waals surface area (Å²) < 4.78 is 7.02.